The van der Waals surface area contributed by atoms with Crippen molar-refractivity contribution in [3.05, 3.63) is 0 Å². The fourth-order valence-corrected chi connectivity index (χ4v) is 3.56. The van der Waals surface area contributed by atoms with E-state index in [0.717, 1.165) is 0 Å². The largest absolute Gasteiger partial charge is 0.512 e. The van der Waals surface area contributed by atoms with Crippen molar-refractivity contribution >= 4 is 26.3 Å². The molecule has 0 rings (SSSR count). The van der Waals surface area contributed by atoms with Gasteiger partial charge in [0.25, 0.3) is 0 Å². The van der Waals surface area contributed by atoms with Gasteiger partial charge in [-0.25, -0.2) is 8.42 Å². The van der Waals surface area contributed by atoms with Gasteiger partial charge in [0.1, 0.15) is 18.8 Å². The van der Waals surface area contributed by atoms with E-state index in [1.165, 1.54) is 0 Å². The monoisotopic (exact) mass is 428 g/mol. The molecule has 9 nitrogen and oxygen atoms in total. The van der Waals surface area contributed by atoms with Gasteiger partial charge in [0.15, 0.2) is 0 Å². The minimum absolute atomic E-state index is 0.380. The molecule has 0 aromatic heterocycles. The molecule has 0 fully saturated rings. The number of rotatable bonds is 9. The van der Waals surface area contributed by atoms with Gasteiger partial charge in [0.2, 0.25) is 0 Å². The van der Waals surface area contributed by atoms with E-state index < -0.39 is 56.0 Å². The second kappa shape index (κ2) is 8.37. The first-order chi connectivity index (χ1) is 11.4. The van der Waals surface area contributed by atoms with Crippen LogP contribution in [0, 0.1) is 5.41 Å². The Hall–Kier alpha value is -0.960. The summed E-state index contributed by atoms with van der Waals surface area (Å²) >= 11 is 0. The van der Waals surface area contributed by atoms with Gasteiger partial charge in [0.05, 0.1) is 0 Å². The summed E-state index contributed by atoms with van der Waals surface area (Å²) in [5.41, 5.74) is -7.52. The van der Waals surface area contributed by atoms with Crippen LogP contribution in [0.5, 0.6) is 0 Å². The molecule has 0 aliphatic heterocycles. The van der Waals surface area contributed by atoms with E-state index in [1.54, 1.807) is 34.6 Å². The molecule has 2 N–H and O–H groups in total. The summed E-state index contributed by atoms with van der Waals surface area (Å²) in [5, 5.41) is 2.95. The lowest BCUT2D eigenvalue weighted by molar-refractivity contribution is -0.156. The summed E-state index contributed by atoms with van der Waals surface area (Å²) in [6.07, 6.45) is 0. The molecule has 26 heavy (non-hydrogen) atoms. The summed E-state index contributed by atoms with van der Waals surface area (Å²) in [7, 11) is -11.4. The maximum absolute atomic E-state index is 12.2. The molecule has 1 atom stereocenters. The molecule has 0 aliphatic carbocycles. The number of esters is 1. The zero-order valence-corrected chi connectivity index (χ0v) is 16.6. The van der Waals surface area contributed by atoms with Crippen molar-refractivity contribution in [3.63, 3.8) is 0 Å². The number of halogens is 3. The molecule has 0 spiro atoms. The zero-order valence-electron chi connectivity index (χ0n) is 14.9. The average Bonchev–Trinajstić information content (AvgIpc) is 2.39. The minimum atomic E-state index is -6.14. The Morgan fingerprint density at radius 2 is 1.50 bits per heavy atom. The van der Waals surface area contributed by atoms with Crippen LogP contribution in [0.2, 0.25) is 0 Å². The molecule has 0 saturated carbocycles. The highest BCUT2D eigenvalue weighted by molar-refractivity contribution is 8.03. The number of carbonyl (C=O) groups excluding carboxylic acids is 1. The average molecular weight is 428 g/mol. The standard InChI is InChI=1S/C12H23F3N2O7S2/c1-6-16-11(5,10(2,3)4)9(18)23-7-8-24-26(21,22)17-25(19,20)12(13,14)15/h16-17H,6-8H2,1-5H3. The Balaban J connectivity index is 4.78. The van der Waals surface area contributed by atoms with E-state index in [2.05, 4.69) is 9.50 Å². The van der Waals surface area contributed by atoms with Crippen LogP contribution >= 0.6 is 0 Å². The van der Waals surface area contributed by atoms with Crippen LogP contribution in [0.3, 0.4) is 0 Å². The number of carbonyl (C=O) groups is 1. The highest BCUT2D eigenvalue weighted by Gasteiger charge is 2.48. The van der Waals surface area contributed by atoms with Gasteiger partial charge in [-0.05, 0) is 18.9 Å². The summed E-state index contributed by atoms with van der Waals surface area (Å²) in [5.74, 6) is -0.733. The molecule has 0 aromatic rings. The van der Waals surface area contributed by atoms with E-state index >= 15 is 0 Å². The van der Waals surface area contributed by atoms with Crippen molar-refractivity contribution in [1.82, 2.24) is 9.44 Å². The Morgan fingerprint density at radius 1 is 1.00 bits per heavy atom. The Bertz CT molecular complexity index is 699. The number of ether oxygens (including phenoxy) is 1. The van der Waals surface area contributed by atoms with Crippen LogP contribution in [-0.4, -0.2) is 53.6 Å². The number of hydrogen-bond donors (Lipinski definition) is 2. The number of nitrogens with one attached hydrogen (secondary N) is 2. The molecule has 156 valence electrons. The van der Waals surface area contributed by atoms with E-state index in [1.807, 2.05) is 0 Å². The maximum atomic E-state index is 12.2. The van der Waals surface area contributed by atoms with Crippen LogP contribution in [0.15, 0.2) is 0 Å². The number of hydrogen-bond acceptors (Lipinski definition) is 8. The van der Waals surface area contributed by atoms with Crippen molar-refractivity contribution < 1.29 is 43.7 Å². The first-order valence-electron chi connectivity index (χ1n) is 7.31. The van der Waals surface area contributed by atoms with Crippen molar-refractivity contribution in [2.45, 2.75) is 45.7 Å². The van der Waals surface area contributed by atoms with E-state index in [0.29, 0.717) is 10.7 Å². The van der Waals surface area contributed by atoms with Crippen LogP contribution in [0.4, 0.5) is 13.2 Å². The summed E-state index contributed by atoms with van der Waals surface area (Å²) < 4.78 is 89.6. The molecule has 1 unspecified atom stereocenters. The number of sulfonamides is 1. The van der Waals surface area contributed by atoms with Crippen LogP contribution < -0.4 is 9.44 Å². The lowest BCUT2D eigenvalue weighted by Gasteiger charge is -2.40. The quantitative estimate of drug-likeness (QED) is 0.405. The third-order valence-electron chi connectivity index (χ3n) is 3.51. The zero-order chi connectivity index (χ0) is 21.0. The van der Waals surface area contributed by atoms with Gasteiger partial charge in [-0.3, -0.25) is 8.98 Å². The lowest BCUT2D eigenvalue weighted by Crippen LogP contribution is -2.59. The molecule has 0 aliphatic rings. The van der Waals surface area contributed by atoms with Crippen LogP contribution in [-0.2, 0) is 34.0 Å². The molecule has 0 radical (unpaired) electrons. The summed E-state index contributed by atoms with van der Waals surface area (Å²) in [6, 6.07) is 0. The van der Waals surface area contributed by atoms with Gasteiger partial charge in [0, 0.05) is 0 Å². The van der Waals surface area contributed by atoms with Gasteiger partial charge in [-0.1, -0.05) is 31.8 Å². The predicted octanol–water partition coefficient (Wildman–Crippen LogP) is 0.644. The van der Waals surface area contributed by atoms with E-state index in [9.17, 15) is 34.8 Å². The summed E-state index contributed by atoms with van der Waals surface area (Å²) in [6.45, 7) is 7.58. The molecule has 0 saturated heterocycles. The summed E-state index contributed by atoms with van der Waals surface area (Å²) in [4.78, 5) is 12.2. The van der Waals surface area contributed by atoms with E-state index in [-0.39, 0.29) is 0 Å². The van der Waals surface area contributed by atoms with Crippen molar-refractivity contribution in [3.8, 4) is 0 Å². The molecule has 14 heteroatoms. The third-order valence-corrected chi connectivity index (χ3v) is 6.29. The number of alkyl halides is 3. The topological polar surface area (TPSA) is 128 Å². The maximum Gasteiger partial charge on any atom is 0.512 e. The van der Waals surface area contributed by atoms with Gasteiger partial charge in [-0.15, -0.1) is 0 Å². The SMILES string of the molecule is CCNC(C)(C(=O)OCCOS(=O)(=O)NS(=O)(=O)C(F)(F)F)C(C)(C)C. The molecule has 0 heterocycles. The smallest absolute Gasteiger partial charge is 0.462 e. The molecule has 0 amide bonds. The van der Waals surface area contributed by atoms with Gasteiger partial charge < -0.3 is 10.1 Å². The Labute approximate surface area is 150 Å². The van der Waals surface area contributed by atoms with Crippen LogP contribution in [0.25, 0.3) is 0 Å². The Kier molecular flexibility index (Phi) is 8.06. The molecular weight excluding hydrogens is 405 g/mol. The van der Waals surface area contributed by atoms with Crippen molar-refractivity contribution in [2.75, 3.05) is 19.8 Å². The fraction of sp³-hybridized carbons (Fsp3) is 0.917. The van der Waals surface area contributed by atoms with Crippen molar-refractivity contribution in [1.29, 1.82) is 0 Å². The van der Waals surface area contributed by atoms with Gasteiger partial charge in [-0.2, -0.15) is 21.6 Å². The third kappa shape index (κ3) is 6.64. The normalized spacial score (nSPS) is 16.2. The lowest BCUT2D eigenvalue weighted by atomic mass is 9.75. The second-order valence-electron chi connectivity index (χ2n) is 6.35. The van der Waals surface area contributed by atoms with Crippen LogP contribution in [0.1, 0.15) is 34.6 Å². The van der Waals surface area contributed by atoms with Crippen molar-refractivity contribution in [2.24, 2.45) is 5.41 Å². The minimum Gasteiger partial charge on any atom is -0.462 e. The fourth-order valence-electron chi connectivity index (χ4n) is 1.63. The molecule has 0 aromatic carbocycles. The molecule has 0 bridgehead atoms. The first-order valence-corrected chi connectivity index (χ1v) is 10.2. The highest BCUT2D eigenvalue weighted by atomic mass is 32.3. The van der Waals surface area contributed by atoms with Gasteiger partial charge >= 0.3 is 31.8 Å². The Morgan fingerprint density at radius 3 is 1.88 bits per heavy atom. The number of likely N-dealkylation sites (N-methyl/N-ethyl adjacent to an activating group) is 1. The molecular formula is C12H23F3N2O7S2. The predicted molar refractivity (Wildman–Crippen MR) is 85.5 cm³/mol. The first kappa shape index (κ1) is 25.0. The van der Waals surface area contributed by atoms with E-state index in [4.69, 9.17) is 4.74 Å². The second-order valence-corrected chi connectivity index (χ2v) is 9.63. The highest BCUT2D eigenvalue weighted by Crippen LogP contribution is 2.31.